The van der Waals surface area contributed by atoms with Crippen LogP contribution >= 0.6 is 0 Å². The summed E-state index contributed by atoms with van der Waals surface area (Å²) in [6, 6.07) is 14.4. The van der Waals surface area contributed by atoms with Gasteiger partial charge in [0.1, 0.15) is 0 Å². The molecule has 146 valence electrons. The van der Waals surface area contributed by atoms with Crippen LogP contribution in [-0.2, 0) is 11.8 Å². The van der Waals surface area contributed by atoms with Crippen LogP contribution in [0.15, 0.2) is 89.9 Å². The highest BCUT2D eigenvalue weighted by Gasteiger charge is 2.09. The summed E-state index contributed by atoms with van der Waals surface area (Å²) in [5.74, 6) is -0.0719. The van der Waals surface area contributed by atoms with Gasteiger partial charge in [-0.05, 0) is 54.8 Å². The van der Waals surface area contributed by atoms with Crippen LogP contribution in [0.2, 0.25) is 0 Å². The number of aromatic nitrogens is 2. The predicted molar refractivity (Wildman–Crippen MR) is 117 cm³/mol. The number of nitrogens with two attached hydrogens (primary N) is 1. The third kappa shape index (κ3) is 4.41. The number of fused-ring (bicyclic) bond motifs is 1. The van der Waals surface area contributed by atoms with Crippen molar-refractivity contribution < 1.29 is 4.79 Å². The lowest BCUT2D eigenvalue weighted by atomic mass is 10.2. The van der Waals surface area contributed by atoms with E-state index in [1.165, 1.54) is 12.3 Å². The number of para-hydroxylation sites is 2. The maximum atomic E-state index is 12.5. The second-order valence-electron chi connectivity index (χ2n) is 6.18. The topological polar surface area (TPSA) is 102 Å². The summed E-state index contributed by atoms with van der Waals surface area (Å²) in [5, 5.41) is 5.81. The van der Waals surface area contributed by atoms with E-state index in [-0.39, 0.29) is 17.3 Å². The Morgan fingerprint density at radius 2 is 1.83 bits per heavy atom. The van der Waals surface area contributed by atoms with Gasteiger partial charge in [0.2, 0.25) is 0 Å². The molecule has 1 heterocycles. The molecule has 29 heavy (non-hydrogen) atoms. The van der Waals surface area contributed by atoms with E-state index in [4.69, 9.17) is 5.73 Å². The first-order valence-electron chi connectivity index (χ1n) is 8.88. The molecule has 0 radical (unpaired) electrons. The predicted octanol–water partition coefficient (Wildman–Crippen LogP) is 3.20. The number of nitrogens with one attached hydrogen (secondary N) is 2. The molecule has 7 heteroatoms. The Labute approximate surface area is 167 Å². The van der Waals surface area contributed by atoms with Crippen LogP contribution in [0.3, 0.4) is 0 Å². The SMILES string of the molecule is C=C/C(=C\C=C/N)C(=O)Nc1ccc(Nc2nc3ccccc3n(C)c2=O)cc1. The molecule has 0 saturated heterocycles. The largest absolute Gasteiger partial charge is 0.405 e. The number of carbonyl (C=O) groups excluding carboxylic acids is 1. The fourth-order valence-corrected chi connectivity index (χ4v) is 2.73. The molecule has 0 saturated carbocycles. The fourth-order valence-electron chi connectivity index (χ4n) is 2.73. The van der Waals surface area contributed by atoms with Crippen molar-refractivity contribution in [3.8, 4) is 0 Å². The van der Waals surface area contributed by atoms with Crippen molar-refractivity contribution in [3.63, 3.8) is 0 Å². The lowest BCUT2D eigenvalue weighted by Crippen LogP contribution is -2.21. The van der Waals surface area contributed by atoms with Gasteiger partial charge in [-0.2, -0.15) is 0 Å². The fraction of sp³-hybridized carbons (Fsp3) is 0.0455. The number of anilines is 3. The zero-order chi connectivity index (χ0) is 20.8. The van der Waals surface area contributed by atoms with Gasteiger partial charge in [0.15, 0.2) is 5.82 Å². The molecule has 0 unspecified atom stereocenters. The van der Waals surface area contributed by atoms with Gasteiger partial charge in [0.25, 0.3) is 11.5 Å². The second kappa shape index (κ2) is 8.71. The van der Waals surface area contributed by atoms with Crippen molar-refractivity contribution in [2.75, 3.05) is 10.6 Å². The number of nitrogens with zero attached hydrogens (tertiary/aromatic N) is 2. The highest BCUT2D eigenvalue weighted by atomic mass is 16.1. The molecular formula is C22H21N5O2. The van der Waals surface area contributed by atoms with Gasteiger partial charge in [-0.1, -0.05) is 24.8 Å². The quantitative estimate of drug-likeness (QED) is 0.445. The van der Waals surface area contributed by atoms with Crippen molar-refractivity contribution in [3.05, 3.63) is 95.5 Å². The van der Waals surface area contributed by atoms with E-state index in [0.29, 0.717) is 16.9 Å². The Morgan fingerprint density at radius 3 is 2.52 bits per heavy atom. The Balaban J connectivity index is 1.79. The van der Waals surface area contributed by atoms with Crippen LogP contribution in [0, 0.1) is 0 Å². The van der Waals surface area contributed by atoms with Gasteiger partial charge in [0, 0.05) is 24.0 Å². The monoisotopic (exact) mass is 387 g/mol. The van der Waals surface area contributed by atoms with E-state index in [0.717, 1.165) is 11.0 Å². The Morgan fingerprint density at radius 1 is 1.14 bits per heavy atom. The summed E-state index contributed by atoms with van der Waals surface area (Å²) in [4.78, 5) is 29.2. The van der Waals surface area contributed by atoms with Crippen molar-refractivity contribution in [1.82, 2.24) is 9.55 Å². The molecule has 4 N–H and O–H groups in total. The summed E-state index contributed by atoms with van der Waals surface area (Å²) in [7, 11) is 1.71. The van der Waals surface area contributed by atoms with Crippen LogP contribution in [0.1, 0.15) is 0 Å². The van der Waals surface area contributed by atoms with Gasteiger partial charge >= 0.3 is 0 Å². The molecule has 0 fully saturated rings. The van der Waals surface area contributed by atoms with Gasteiger partial charge in [-0.3, -0.25) is 9.59 Å². The highest BCUT2D eigenvalue weighted by Crippen LogP contribution is 2.18. The van der Waals surface area contributed by atoms with E-state index in [2.05, 4.69) is 22.2 Å². The summed E-state index contributed by atoms with van der Waals surface area (Å²) < 4.78 is 1.55. The number of hydrogen-bond acceptors (Lipinski definition) is 5. The Kier molecular flexibility index (Phi) is 5.89. The highest BCUT2D eigenvalue weighted by molar-refractivity contribution is 6.05. The lowest BCUT2D eigenvalue weighted by Gasteiger charge is -2.10. The zero-order valence-electron chi connectivity index (χ0n) is 15.9. The number of aryl methyl sites for hydroxylation is 1. The van der Waals surface area contributed by atoms with Crippen LogP contribution < -0.4 is 21.9 Å². The van der Waals surface area contributed by atoms with E-state index in [1.54, 1.807) is 48.0 Å². The molecule has 0 aliphatic carbocycles. The van der Waals surface area contributed by atoms with Crippen LogP contribution in [0.25, 0.3) is 11.0 Å². The number of rotatable bonds is 6. The molecular weight excluding hydrogens is 366 g/mol. The molecule has 0 spiro atoms. The van der Waals surface area contributed by atoms with Crippen LogP contribution in [-0.4, -0.2) is 15.5 Å². The minimum absolute atomic E-state index is 0.227. The minimum atomic E-state index is -0.302. The average Bonchev–Trinajstić information content (AvgIpc) is 2.74. The molecule has 0 aliphatic heterocycles. The molecule has 0 bridgehead atoms. The first-order chi connectivity index (χ1) is 14.0. The van der Waals surface area contributed by atoms with E-state index in [9.17, 15) is 9.59 Å². The van der Waals surface area contributed by atoms with Crippen molar-refractivity contribution >= 4 is 34.1 Å². The average molecular weight is 387 g/mol. The molecule has 0 atom stereocenters. The smallest absolute Gasteiger partial charge is 0.293 e. The molecule has 2 aromatic carbocycles. The third-order valence-corrected chi connectivity index (χ3v) is 4.26. The maximum Gasteiger partial charge on any atom is 0.293 e. The third-order valence-electron chi connectivity index (χ3n) is 4.26. The molecule has 1 amide bonds. The van der Waals surface area contributed by atoms with Gasteiger partial charge < -0.3 is 20.9 Å². The number of benzene rings is 2. The first-order valence-corrected chi connectivity index (χ1v) is 8.88. The minimum Gasteiger partial charge on any atom is -0.405 e. The standard InChI is InChI=1S/C22H21N5O2/c1-3-15(7-6-14-23)21(28)25-17-12-10-16(11-13-17)24-20-22(29)27(2)19-9-5-4-8-18(19)26-20/h3-14H,1,23H2,2H3,(H,24,26)(H,25,28)/b14-6-,15-7+. The number of hydrogen-bond donors (Lipinski definition) is 3. The second-order valence-corrected chi connectivity index (χ2v) is 6.18. The first kappa shape index (κ1) is 19.6. The van der Waals surface area contributed by atoms with E-state index < -0.39 is 0 Å². The maximum absolute atomic E-state index is 12.5. The molecule has 3 aromatic rings. The molecule has 0 aliphatic rings. The van der Waals surface area contributed by atoms with Crippen molar-refractivity contribution in [2.45, 2.75) is 0 Å². The number of carbonyl (C=O) groups is 1. The summed E-state index contributed by atoms with van der Waals surface area (Å²) >= 11 is 0. The van der Waals surface area contributed by atoms with E-state index >= 15 is 0 Å². The summed E-state index contributed by atoms with van der Waals surface area (Å²) in [6.45, 7) is 3.62. The van der Waals surface area contributed by atoms with Gasteiger partial charge in [-0.25, -0.2) is 4.98 Å². The molecule has 3 rings (SSSR count). The van der Waals surface area contributed by atoms with Crippen LogP contribution in [0.5, 0.6) is 0 Å². The van der Waals surface area contributed by atoms with E-state index in [1.807, 2.05) is 24.3 Å². The Bertz CT molecular complexity index is 1170. The summed E-state index contributed by atoms with van der Waals surface area (Å²) in [5.41, 5.74) is 8.20. The number of allylic oxidation sites excluding steroid dienone is 2. The van der Waals surface area contributed by atoms with Crippen molar-refractivity contribution in [2.24, 2.45) is 12.8 Å². The lowest BCUT2D eigenvalue weighted by molar-refractivity contribution is -0.112. The van der Waals surface area contributed by atoms with Crippen molar-refractivity contribution in [1.29, 1.82) is 0 Å². The van der Waals surface area contributed by atoms with Gasteiger partial charge in [0.05, 0.1) is 11.0 Å². The Hall–Kier alpha value is -4.13. The molecule has 1 aromatic heterocycles. The molecule has 7 nitrogen and oxygen atoms in total. The summed E-state index contributed by atoms with van der Waals surface area (Å²) in [6.07, 6.45) is 5.91. The van der Waals surface area contributed by atoms with Crippen LogP contribution in [0.4, 0.5) is 17.2 Å². The normalized spacial score (nSPS) is 11.6. The zero-order valence-corrected chi connectivity index (χ0v) is 15.9. The number of amides is 1. The van der Waals surface area contributed by atoms with Gasteiger partial charge in [-0.15, -0.1) is 0 Å².